The minimum atomic E-state index is -1.03. The zero-order valence-electron chi connectivity index (χ0n) is 9.12. The first kappa shape index (κ1) is 13.4. The summed E-state index contributed by atoms with van der Waals surface area (Å²) in [5.41, 5.74) is -1.03. The normalized spacial score (nSPS) is 10.3. The zero-order valence-corrected chi connectivity index (χ0v) is 9.12. The monoisotopic (exact) mass is 216 g/mol. The van der Waals surface area contributed by atoms with Gasteiger partial charge in [0, 0.05) is 0 Å². The van der Waals surface area contributed by atoms with Crippen molar-refractivity contribution in [3.63, 3.8) is 0 Å². The third-order valence-electron chi connectivity index (χ3n) is 1.69. The van der Waals surface area contributed by atoms with E-state index >= 15 is 0 Å². The molecule has 0 unspecified atom stereocenters. The highest BCUT2D eigenvalue weighted by Crippen LogP contribution is 1.99. The molecule has 0 aliphatic heterocycles. The molecule has 0 aromatic heterocycles. The molecule has 2 N–H and O–H groups in total. The Balaban J connectivity index is 4.02. The van der Waals surface area contributed by atoms with Gasteiger partial charge in [-0.05, 0) is 20.8 Å². The van der Waals surface area contributed by atoms with Crippen LogP contribution < -0.4 is 10.6 Å². The highest BCUT2D eigenvalue weighted by molar-refractivity contribution is 5.89. The highest BCUT2D eigenvalue weighted by Gasteiger charge is 2.26. The van der Waals surface area contributed by atoms with Gasteiger partial charge < -0.3 is 15.4 Å². The van der Waals surface area contributed by atoms with Crippen molar-refractivity contribution in [3.05, 3.63) is 0 Å². The Morgan fingerprint density at radius 2 is 2.00 bits per heavy atom. The van der Waals surface area contributed by atoms with Gasteiger partial charge in [0.2, 0.25) is 12.3 Å². The predicted octanol–water partition coefficient (Wildman–Crippen LogP) is -0.810. The Hall–Kier alpha value is -1.59. The molecule has 0 bridgehead atoms. The molecule has 0 aromatic carbocycles. The molecule has 6 nitrogen and oxygen atoms in total. The highest BCUT2D eigenvalue weighted by atomic mass is 16.5. The molecule has 15 heavy (non-hydrogen) atoms. The Labute approximate surface area is 88.4 Å². The van der Waals surface area contributed by atoms with Gasteiger partial charge in [0.25, 0.3) is 0 Å². The molecule has 0 rings (SSSR count). The molecule has 0 aliphatic carbocycles. The summed E-state index contributed by atoms with van der Waals surface area (Å²) in [7, 11) is 0. The van der Waals surface area contributed by atoms with Crippen LogP contribution in [0.5, 0.6) is 0 Å². The van der Waals surface area contributed by atoms with E-state index in [1.165, 1.54) is 13.8 Å². The number of hydrogen-bond acceptors (Lipinski definition) is 4. The third-order valence-corrected chi connectivity index (χ3v) is 1.69. The van der Waals surface area contributed by atoms with Crippen molar-refractivity contribution < 1.29 is 19.1 Å². The van der Waals surface area contributed by atoms with E-state index in [2.05, 4.69) is 15.4 Å². The molecule has 0 fully saturated rings. The third kappa shape index (κ3) is 4.99. The number of hydrogen-bond donors (Lipinski definition) is 2. The Kier molecular flexibility index (Phi) is 5.36. The summed E-state index contributed by atoms with van der Waals surface area (Å²) in [5, 5.41) is 4.69. The van der Waals surface area contributed by atoms with Gasteiger partial charge in [0.05, 0.1) is 6.61 Å². The van der Waals surface area contributed by atoms with Crippen LogP contribution in [0, 0.1) is 0 Å². The molecule has 0 saturated heterocycles. The smallest absolute Gasteiger partial charge is 0.325 e. The van der Waals surface area contributed by atoms with Gasteiger partial charge in [-0.3, -0.25) is 14.4 Å². The zero-order chi connectivity index (χ0) is 11.9. The summed E-state index contributed by atoms with van der Waals surface area (Å²) >= 11 is 0. The van der Waals surface area contributed by atoms with Gasteiger partial charge >= 0.3 is 5.97 Å². The van der Waals surface area contributed by atoms with Crippen molar-refractivity contribution in [2.24, 2.45) is 0 Å². The molecule has 0 saturated carbocycles. The molecular weight excluding hydrogens is 200 g/mol. The topological polar surface area (TPSA) is 84.5 Å². The van der Waals surface area contributed by atoms with E-state index in [4.69, 9.17) is 0 Å². The molecule has 2 amide bonds. The van der Waals surface area contributed by atoms with Gasteiger partial charge in [-0.15, -0.1) is 0 Å². The van der Waals surface area contributed by atoms with Crippen molar-refractivity contribution in [2.45, 2.75) is 26.3 Å². The number of nitrogens with one attached hydrogen (secondary N) is 2. The average Bonchev–Trinajstić information content (AvgIpc) is 2.14. The second kappa shape index (κ2) is 6.00. The second-order valence-corrected chi connectivity index (χ2v) is 3.37. The largest absolute Gasteiger partial charge is 0.465 e. The summed E-state index contributed by atoms with van der Waals surface area (Å²) in [6.45, 7) is 4.81. The number of esters is 1. The minimum Gasteiger partial charge on any atom is -0.465 e. The van der Waals surface area contributed by atoms with Crippen molar-refractivity contribution >= 4 is 18.3 Å². The van der Waals surface area contributed by atoms with E-state index in [0.717, 1.165) is 0 Å². The molecule has 0 aliphatic rings. The fraction of sp³-hybridized carbons (Fsp3) is 0.667. The van der Waals surface area contributed by atoms with Crippen molar-refractivity contribution in [3.8, 4) is 0 Å². The summed E-state index contributed by atoms with van der Waals surface area (Å²) in [4.78, 5) is 32.5. The Morgan fingerprint density at radius 3 is 2.47 bits per heavy atom. The van der Waals surface area contributed by atoms with E-state index in [1.807, 2.05) is 0 Å². The van der Waals surface area contributed by atoms with Crippen LogP contribution in [-0.2, 0) is 19.1 Å². The molecule has 86 valence electrons. The first-order valence-corrected chi connectivity index (χ1v) is 4.59. The average molecular weight is 216 g/mol. The SMILES string of the molecule is CCOC(=O)CNC(=O)C(C)(C)NC=O. The lowest BCUT2D eigenvalue weighted by molar-refractivity contribution is -0.144. The lowest BCUT2D eigenvalue weighted by Gasteiger charge is -2.22. The number of carbonyl (C=O) groups is 3. The van der Waals surface area contributed by atoms with E-state index in [9.17, 15) is 14.4 Å². The second-order valence-electron chi connectivity index (χ2n) is 3.37. The maximum absolute atomic E-state index is 11.4. The summed E-state index contributed by atoms with van der Waals surface area (Å²) in [6.07, 6.45) is 0.434. The van der Waals surface area contributed by atoms with Crippen molar-refractivity contribution in [2.75, 3.05) is 13.2 Å². The van der Waals surface area contributed by atoms with Crippen molar-refractivity contribution in [1.82, 2.24) is 10.6 Å². The lowest BCUT2D eigenvalue weighted by Crippen LogP contribution is -2.53. The van der Waals surface area contributed by atoms with Crippen LogP contribution in [0.15, 0.2) is 0 Å². The Bertz CT molecular complexity index is 250. The summed E-state index contributed by atoms with van der Waals surface area (Å²) in [5.74, 6) is -0.949. The number of carbonyl (C=O) groups excluding carboxylic acids is 3. The van der Waals surface area contributed by atoms with E-state index < -0.39 is 17.4 Å². The van der Waals surface area contributed by atoms with E-state index in [0.29, 0.717) is 6.41 Å². The molecular formula is C9H16N2O4. The number of ether oxygens (including phenoxy) is 1. The van der Waals surface area contributed by atoms with E-state index in [1.54, 1.807) is 6.92 Å². The van der Waals surface area contributed by atoms with Crippen LogP contribution in [0.4, 0.5) is 0 Å². The fourth-order valence-corrected chi connectivity index (χ4v) is 0.798. The van der Waals surface area contributed by atoms with Crippen LogP contribution in [0.25, 0.3) is 0 Å². The molecule has 0 radical (unpaired) electrons. The number of amides is 2. The van der Waals surface area contributed by atoms with Crippen LogP contribution in [0.3, 0.4) is 0 Å². The van der Waals surface area contributed by atoms with E-state index in [-0.39, 0.29) is 13.2 Å². The van der Waals surface area contributed by atoms with Crippen molar-refractivity contribution in [1.29, 1.82) is 0 Å². The first-order chi connectivity index (χ1) is 6.94. The summed E-state index contributed by atoms with van der Waals surface area (Å²) < 4.78 is 4.62. The standard InChI is InChI=1S/C9H16N2O4/c1-4-15-7(13)5-10-8(14)9(2,3)11-6-12/h6H,4-5H2,1-3H3,(H,10,14)(H,11,12). The lowest BCUT2D eigenvalue weighted by atomic mass is 10.1. The predicted molar refractivity (Wildman–Crippen MR) is 52.9 cm³/mol. The van der Waals surface area contributed by atoms with Gasteiger partial charge in [-0.1, -0.05) is 0 Å². The number of rotatable bonds is 6. The summed E-state index contributed by atoms with van der Waals surface area (Å²) in [6, 6.07) is 0. The first-order valence-electron chi connectivity index (χ1n) is 4.59. The molecule has 0 spiro atoms. The molecule has 0 heterocycles. The maximum Gasteiger partial charge on any atom is 0.325 e. The Morgan fingerprint density at radius 1 is 1.40 bits per heavy atom. The maximum atomic E-state index is 11.4. The molecule has 6 heteroatoms. The van der Waals surface area contributed by atoms with Crippen LogP contribution >= 0.6 is 0 Å². The van der Waals surface area contributed by atoms with Crippen LogP contribution in [-0.4, -0.2) is 37.0 Å². The fourth-order valence-electron chi connectivity index (χ4n) is 0.798. The molecule has 0 atom stereocenters. The minimum absolute atomic E-state index is 0.198. The quantitative estimate of drug-likeness (QED) is 0.449. The van der Waals surface area contributed by atoms with Crippen LogP contribution in [0.2, 0.25) is 0 Å². The van der Waals surface area contributed by atoms with Gasteiger partial charge in [-0.2, -0.15) is 0 Å². The van der Waals surface area contributed by atoms with Crippen LogP contribution in [0.1, 0.15) is 20.8 Å². The molecule has 0 aromatic rings. The van der Waals surface area contributed by atoms with Gasteiger partial charge in [0.15, 0.2) is 0 Å². The van der Waals surface area contributed by atoms with Gasteiger partial charge in [0.1, 0.15) is 12.1 Å². The van der Waals surface area contributed by atoms with Gasteiger partial charge in [-0.25, -0.2) is 0 Å².